The molecule has 1 aromatic carbocycles. The highest BCUT2D eigenvalue weighted by Gasteiger charge is 2.55. The van der Waals surface area contributed by atoms with Gasteiger partial charge in [0, 0.05) is 11.3 Å². The molecule has 0 aromatic heterocycles. The van der Waals surface area contributed by atoms with Crippen molar-refractivity contribution in [2.75, 3.05) is 11.4 Å². The van der Waals surface area contributed by atoms with Crippen LogP contribution >= 0.6 is 0 Å². The van der Waals surface area contributed by atoms with Crippen molar-refractivity contribution in [3.05, 3.63) is 29.8 Å². The van der Waals surface area contributed by atoms with Crippen molar-refractivity contribution >= 4 is 11.6 Å². The second-order valence-electron chi connectivity index (χ2n) is 3.38. The van der Waals surface area contributed by atoms with Gasteiger partial charge in [0.2, 0.25) is 0 Å². The predicted molar refractivity (Wildman–Crippen MR) is 49.7 cm³/mol. The van der Waals surface area contributed by atoms with Gasteiger partial charge >= 0.3 is 5.92 Å². The van der Waals surface area contributed by atoms with Crippen molar-refractivity contribution in [3.63, 3.8) is 0 Å². The first-order valence-electron chi connectivity index (χ1n) is 4.45. The number of hydrogen-bond donors (Lipinski definition) is 1. The zero-order valence-electron chi connectivity index (χ0n) is 7.78. The maximum atomic E-state index is 12.6. The average molecular weight is 213 g/mol. The first-order chi connectivity index (χ1) is 7.06. The van der Waals surface area contributed by atoms with Gasteiger partial charge in [0.1, 0.15) is 0 Å². The third kappa shape index (κ3) is 1.48. The van der Waals surface area contributed by atoms with Crippen LogP contribution in [-0.2, 0) is 11.4 Å². The van der Waals surface area contributed by atoms with Crippen LogP contribution in [0, 0.1) is 0 Å². The molecule has 5 heteroatoms. The van der Waals surface area contributed by atoms with Gasteiger partial charge in [-0.3, -0.25) is 4.79 Å². The number of anilines is 1. The molecule has 0 unspecified atom stereocenters. The van der Waals surface area contributed by atoms with E-state index in [4.69, 9.17) is 5.11 Å². The number of alkyl halides is 2. The molecule has 1 aromatic rings. The number of aliphatic hydroxyl groups is 1. The second-order valence-corrected chi connectivity index (χ2v) is 3.38. The second kappa shape index (κ2) is 3.27. The van der Waals surface area contributed by atoms with Gasteiger partial charge in [0.15, 0.2) is 0 Å². The molecule has 0 aliphatic carbocycles. The van der Waals surface area contributed by atoms with E-state index in [9.17, 15) is 13.6 Å². The lowest BCUT2D eigenvalue weighted by Gasteiger charge is -2.38. The Labute approximate surface area is 84.9 Å². The van der Waals surface area contributed by atoms with Gasteiger partial charge in [-0.2, -0.15) is 8.78 Å². The van der Waals surface area contributed by atoms with Crippen LogP contribution in [0.4, 0.5) is 14.5 Å². The van der Waals surface area contributed by atoms with E-state index in [0.717, 1.165) is 4.90 Å². The van der Waals surface area contributed by atoms with Gasteiger partial charge in [-0.15, -0.1) is 0 Å². The van der Waals surface area contributed by atoms with Crippen molar-refractivity contribution in [3.8, 4) is 0 Å². The van der Waals surface area contributed by atoms with Gasteiger partial charge < -0.3 is 10.0 Å². The lowest BCUT2D eigenvalue weighted by atomic mass is 10.1. The number of carbonyl (C=O) groups excluding carboxylic acids is 1. The van der Waals surface area contributed by atoms with E-state index in [1.54, 1.807) is 24.3 Å². The molecule has 0 spiro atoms. The van der Waals surface area contributed by atoms with Gasteiger partial charge in [-0.25, -0.2) is 0 Å². The normalized spacial score (nSPS) is 18.9. The van der Waals surface area contributed by atoms with E-state index in [1.165, 1.54) is 0 Å². The average Bonchev–Trinajstić information content (AvgIpc) is 2.25. The molecule has 1 aliphatic rings. The number of nitrogens with zero attached hydrogens (tertiary/aromatic N) is 1. The summed E-state index contributed by atoms with van der Waals surface area (Å²) in [6.07, 6.45) is 0. The van der Waals surface area contributed by atoms with Crippen molar-refractivity contribution in [2.45, 2.75) is 12.5 Å². The predicted octanol–water partition coefficient (Wildman–Crippen LogP) is 1.16. The number of β-lactam (4-membered cyclic amide) rings is 1. The molecule has 1 saturated heterocycles. The Bertz CT molecular complexity index is 406. The van der Waals surface area contributed by atoms with Crippen LogP contribution in [0.5, 0.6) is 0 Å². The minimum Gasteiger partial charge on any atom is -0.392 e. The third-order valence-electron chi connectivity index (χ3n) is 2.37. The molecule has 80 valence electrons. The summed E-state index contributed by atoms with van der Waals surface area (Å²) in [5.41, 5.74) is 0.831. The summed E-state index contributed by atoms with van der Waals surface area (Å²) >= 11 is 0. The Morgan fingerprint density at radius 2 is 2.07 bits per heavy atom. The Morgan fingerprint density at radius 3 is 2.60 bits per heavy atom. The van der Waals surface area contributed by atoms with Crippen molar-refractivity contribution in [2.24, 2.45) is 0 Å². The van der Waals surface area contributed by atoms with E-state index >= 15 is 0 Å². The van der Waals surface area contributed by atoms with Gasteiger partial charge in [0.25, 0.3) is 5.91 Å². The van der Waals surface area contributed by atoms with E-state index in [0.29, 0.717) is 11.3 Å². The fraction of sp³-hybridized carbons (Fsp3) is 0.300. The zero-order chi connectivity index (χ0) is 11.1. The molecule has 1 amide bonds. The molecule has 0 atom stereocenters. The molecule has 2 rings (SSSR count). The quantitative estimate of drug-likeness (QED) is 0.749. The van der Waals surface area contributed by atoms with Crippen LogP contribution < -0.4 is 4.90 Å². The van der Waals surface area contributed by atoms with Crippen LogP contribution in [0.1, 0.15) is 5.56 Å². The standard InChI is InChI=1S/C10H9F2NO2/c11-10(12)6-13(9(10)15)8-4-2-1-3-7(8)5-14/h1-4,14H,5-6H2. The summed E-state index contributed by atoms with van der Waals surface area (Å²) in [4.78, 5) is 12.0. The lowest BCUT2D eigenvalue weighted by molar-refractivity contribution is -0.152. The number of aliphatic hydroxyl groups excluding tert-OH is 1. The van der Waals surface area contributed by atoms with Crippen molar-refractivity contribution in [1.29, 1.82) is 0 Å². The summed E-state index contributed by atoms with van der Waals surface area (Å²) in [7, 11) is 0. The first kappa shape index (κ1) is 10.0. The minimum atomic E-state index is -3.25. The van der Waals surface area contributed by atoms with Crippen LogP contribution in [-0.4, -0.2) is 23.5 Å². The number of carbonyl (C=O) groups is 1. The van der Waals surface area contributed by atoms with E-state index in [1.807, 2.05) is 0 Å². The third-order valence-corrected chi connectivity index (χ3v) is 2.37. The molecule has 0 radical (unpaired) electrons. The molecule has 1 heterocycles. The number of amides is 1. The molecule has 0 bridgehead atoms. The van der Waals surface area contributed by atoms with Gasteiger partial charge in [-0.1, -0.05) is 18.2 Å². The Kier molecular flexibility index (Phi) is 2.19. The molecule has 3 nitrogen and oxygen atoms in total. The molecular weight excluding hydrogens is 204 g/mol. The Hall–Kier alpha value is -1.49. The van der Waals surface area contributed by atoms with E-state index in [-0.39, 0.29) is 6.61 Å². The van der Waals surface area contributed by atoms with Crippen LogP contribution in [0.25, 0.3) is 0 Å². The fourth-order valence-corrected chi connectivity index (χ4v) is 1.55. The van der Waals surface area contributed by atoms with Crippen molar-refractivity contribution in [1.82, 2.24) is 0 Å². The summed E-state index contributed by atoms with van der Waals surface area (Å²) in [6.45, 7) is -0.881. The maximum absolute atomic E-state index is 12.6. The zero-order valence-corrected chi connectivity index (χ0v) is 7.78. The summed E-state index contributed by atoms with van der Waals surface area (Å²) in [5.74, 6) is -4.45. The van der Waals surface area contributed by atoms with E-state index < -0.39 is 18.4 Å². The summed E-state index contributed by atoms with van der Waals surface area (Å²) in [5, 5.41) is 8.98. The monoisotopic (exact) mass is 213 g/mol. The highest BCUT2D eigenvalue weighted by atomic mass is 19.3. The van der Waals surface area contributed by atoms with Crippen LogP contribution in [0.2, 0.25) is 0 Å². The highest BCUT2D eigenvalue weighted by molar-refractivity contribution is 6.05. The van der Waals surface area contributed by atoms with Gasteiger partial charge in [0.05, 0.1) is 13.2 Å². The lowest BCUT2D eigenvalue weighted by Crippen LogP contribution is -2.62. The molecule has 0 saturated carbocycles. The van der Waals surface area contributed by atoms with Crippen molar-refractivity contribution < 1.29 is 18.7 Å². The highest BCUT2D eigenvalue weighted by Crippen LogP contribution is 2.34. The van der Waals surface area contributed by atoms with E-state index in [2.05, 4.69) is 0 Å². The maximum Gasteiger partial charge on any atom is 0.342 e. The molecule has 15 heavy (non-hydrogen) atoms. The first-order valence-corrected chi connectivity index (χ1v) is 4.45. The molecular formula is C10H9F2NO2. The molecule has 1 fully saturated rings. The minimum absolute atomic E-state index is 0.272. The Morgan fingerprint density at radius 1 is 1.40 bits per heavy atom. The number of hydrogen-bond acceptors (Lipinski definition) is 2. The number of benzene rings is 1. The SMILES string of the molecule is O=C1N(c2ccccc2CO)CC1(F)F. The van der Waals surface area contributed by atoms with Crippen LogP contribution in [0.15, 0.2) is 24.3 Å². The number of rotatable bonds is 2. The fourth-order valence-electron chi connectivity index (χ4n) is 1.55. The summed E-state index contributed by atoms with van der Waals surface area (Å²) in [6, 6.07) is 6.45. The smallest absolute Gasteiger partial charge is 0.342 e. The number of para-hydroxylation sites is 1. The van der Waals surface area contributed by atoms with Gasteiger partial charge in [-0.05, 0) is 6.07 Å². The summed E-state index contributed by atoms with van der Waals surface area (Å²) < 4.78 is 25.3. The number of halogens is 2. The Balaban J connectivity index is 2.29. The molecule has 1 N–H and O–H groups in total. The largest absolute Gasteiger partial charge is 0.392 e. The topological polar surface area (TPSA) is 40.5 Å². The van der Waals surface area contributed by atoms with Crippen LogP contribution in [0.3, 0.4) is 0 Å². The molecule has 1 aliphatic heterocycles.